The second-order valence-electron chi connectivity index (χ2n) is 5.03. The monoisotopic (exact) mass is 233 g/mol. The van der Waals surface area contributed by atoms with E-state index in [4.69, 9.17) is 5.73 Å². The van der Waals surface area contributed by atoms with Crippen molar-refractivity contribution in [2.24, 2.45) is 11.7 Å². The Hall–Kier alpha value is -0.0900. The van der Waals surface area contributed by atoms with E-state index in [1.54, 1.807) is 0 Å². The van der Waals surface area contributed by atoms with Gasteiger partial charge in [-0.25, -0.2) is 8.42 Å². The molecule has 0 amide bonds. The lowest BCUT2D eigenvalue weighted by atomic mass is 9.91. The predicted octanol–water partition coefficient (Wildman–Crippen LogP) is 1.72. The molecule has 0 spiro atoms. The summed E-state index contributed by atoms with van der Waals surface area (Å²) in [7, 11) is -2.89. The van der Waals surface area contributed by atoms with Crippen molar-refractivity contribution in [1.29, 1.82) is 0 Å². The van der Waals surface area contributed by atoms with E-state index < -0.39 is 9.84 Å². The van der Waals surface area contributed by atoms with Gasteiger partial charge in [-0.3, -0.25) is 0 Å². The van der Waals surface area contributed by atoms with Gasteiger partial charge < -0.3 is 5.73 Å². The van der Waals surface area contributed by atoms with Crippen molar-refractivity contribution in [2.45, 2.75) is 57.2 Å². The zero-order valence-corrected chi connectivity index (χ0v) is 10.6. The van der Waals surface area contributed by atoms with E-state index in [0.717, 1.165) is 19.3 Å². The Kier molecular flexibility index (Phi) is 4.59. The molecule has 3 unspecified atom stereocenters. The summed E-state index contributed by atoms with van der Waals surface area (Å²) < 4.78 is 24.0. The molecule has 1 saturated carbocycles. The Labute approximate surface area is 93.3 Å². The van der Waals surface area contributed by atoms with E-state index in [1.807, 2.05) is 6.92 Å². The molecule has 15 heavy (non-hydrogen) atoms. The van der Waals surface area contributed by atoms with Crippen LogP contribution in [0.25, 0.3) is 0 Å². The third-order valence-electron chi connectivity index (χ3n) is 3.25. The zero-order chi connectivity index (χ0) is 11.5. The molecule has 4 heteroatoms. The van der Waals surface area contributed by atoms with Gasteiger partial charge in [0.15, 0.2) is 9.84 Å². The van der Waals surface area contributed by atoms with E-state index >= 15 is 0 Å². The van der Waals surface area contributed by atoms with Crippen LogP contribution >= 0.6 is 0 Å². The zero-order valence-electron chi connectivity index (χ0n) is 9.78. The average Bonchev–Trinajstić information content (AvgIpc) is 2.15. The van der Waals surface area contributed by atoms with Crippen LogP contribution in [0, 0.1) is 5.92 Å². The molecule has 0 radical (unpaired) electrons. The summed E-state index contributed by atoms with van der Waals surface area (Å²) in [4.78, 5) is 0. The average molecular weight is 233 g/mol. The standard InChI is InChI=1S/C11H23NO2S/c1-9-4-3-5-11(8-9)15(13,14)7-6-10(2)12/h9-11H,3-8,12H2,1-2H3. The molecule has 0 aromatic carbocycles. The highest BCUT2D eigenvalue weighted by atomic mass is 32.2. The maximum absolute atomic E-state index is 12.0. The van der Waals surface area contributed by atoms with Crippen LogP contribution in [-0.4, -0.2) is 25.5 Å². The first-order valence-corrected chi connectivity index (χ1v) is 7.60. The molecule has 0 aliphatic heterocycles. The minimum absolute atomic E-state index is 0.0132. The maximum atomic E-state index is 12.0. The molecule has 0 saturated heterocycles. The lowest BCUT2D eigenvalue weighted by Gasteiger charge is -2.26. The predicted molar refractivity (Wildman–Crippen MR) is 63.5 cm³/mol. The van der Waals surface area contributed by atoms with E-state index in [1.165, 1.54) is 6.42 Å². The first kappa shape index (κ1) is 13.0. The molecule has 1 fully saturated rings. The topological polar surface area (TPSA) is 60.2 Å². The molecular weight excluding hydrogens is 210 g/mol. The Bertz CT molecular complexity index is 285. The fraction of sp³-hybridized carbons (Fsp3) is 1.00. The van der Waals surface area contributed by atoms with Gasteiger partial charge in [-0.15, -0.1) is 0 Å². The van der Waals surface area contributed by atoms with Crippen LogP contribution < -0.4 is 5.73 Å². The van der Waals surface area contributed by atoms with E-state index in [0.29, 0.717) is 12.3 Å². The van der Waals surface area contributed by atoms with Gasteiger partial charge in [0.25, 0.3) is 0 Å². The van der Waals surface area contributed by atoms with E-state index in [2.05, 4.69) is 6.92 Å². The molecule has 0 aromatic heterocycles. The third-order valence-corrected chi connectivity index (χ3v) is 5.50. The van der Waals surface area contributed by atoms with Crippen LogP contribution in [0.2, 0.25) is 0 Å². The van der Waals surface area contributed by atoms with Gasteiger partial charge in [0, 0.05) is 6.04 Å². The van der Waals surface area contributed by atoms with Crippen molar-refractivity contribution in [3.05, 3.63) is 0 Å². The van der Waals surface area contributed by atoms with Gasteiger partial charge in [-0.1, -0.05) is 19.8 Å². The SMILES string of the molecule is CC(N)CCS(=O)(=O)C1CCCC(C)C1. The van der Waals surface area contributed by atoms with E-state index in [9.17, 15) is 8.42 Å². The third kappa shape index (κ3) is 4.11. The fourth-order valence-electron chi connectivity index (χ4n) is 2.22. The van der Waals surface area contributed by atoms with Crippen LogP contribution in [0.5, 0.6) is 0 Å². The van der Waals surface area contributed by atoms with Gasteiger partial charge in [-0.05, 0) is 32.1 Å². The lowest BCUT2D eigenvalue weighted by Crippen LogP contribution is -2.31. The smallest absolute Gasteiger partial charge is 0.153 e. The second-order valence-corrected chi connectivity index (χ2v) is 7.43. The highest BCUT2D eigenvalue weighted by molar-refractivity contribution is 7.92. The van der Waals surface area contributed by atoms with Crippen LogP contribution in [0.4, 0.5) is 0 Å². The van der Waals surface area contributed by atoms with Crippen molar-refractivity contribution < 1.29 is 8.42 Å². The Morgan fingerprint density at radius 3 is 2.60 bits per heavy atom. The normalized spacial score (nSPS) is 30.1. The van der Waals surface area contributed by atoms with Crippen LogP contribution in [0.15, 0.2) is 0 Å². The first-order chi connectivity index (χ1) is 6.92. The number of rotatable bonds is 4. The van der Waals surface area contributed by atoms with Crippen molar-refractivity contribution >= 4 is 9.84 Å². The maximum Gasteiger partial charge on any atom is 0.153 e. The summed E-state index contributed by atoms with van der Waals surface area (Å²) in [6.45, 7) is 4.01. The summed E-state index contributed by atoms with van der Waals surface area (Å²) in [6, 6.07) is -0.0132. The first-order valence-electron chi connectivity index (χ1n) is 5.89. The summed E-state index contributed by atoms with van der Waals surface area (Å²) in [5.41, 5.74) is 5.59. The van der Waals surface area contributed by atoms with Crippen molar-refractivity contribution in [3.8, 4) is 0 Å². The summed E-state index contributed by atoms with van der Waals surface area (Å²) in [5.74, 6) is 0.830. The fourth-order valence-corrected chi connectivity index (χ4v) is 4.40. The Morgan fingerprint density at radius 2 is 2.07 bits per heavy atom. The lowest BCUT2D eigenvalue weighted by molar-refractivity contribution is 0.381. The molecule has 1 rings (SSSR count). The highest BCUT2D eigenvalue weighted by Crippen LogP contribution is 2.28. The molecule has 0 bridgehead atoms. The molecular formula is C11H23NO2S. The summed E-state index contributed by atoms with van der Waals surface area (Å²) >= 11 is 0. The molecule has 3 atom stereocenters. The van der Waals surface area contributed by atoms with Crippen LogP contribution in [0.1, 0.15) is 46.0 Å². The molecule has 90 valence electrons. The van der Waals surface area contributed by atoms with Gasteiger partial charge >= 0.3 is 0 Å². The highest BCUT2D eigenvalue weighted by Gasteiger charge is 2.29. The summed E-state index contributed by atoms with van der Waals surface area (Å²) in [5, 5.41) is -0.0972. The molecule has 0 heterocycles. The molecule has 0 aromatic rings. The Morgan fingerprint density at radius 1 is 1.40 bits per heavy atom. The van der Waals surface area contributed by atoms with Gasteiger partial charge in [0.05, 0.1) is 11.0 Å². The molecule has 1 aliphatic carbocycles. The quantitative estimate of drug-likeness (QED) is 0.804. The van der Waals surface area contributed by atoms with Crippen molar-refractivity contribution in [1.82, 2.24) is 0 Å². The van der Waals surface area contributed by atoms with E-state index in [-0.39, 0.29) is 17.0 Å². The van der Waals surface area contributed by atoms with Crippen LogP contribution in [-0.2, 0) is 9.84 Å². The Balaban J connectivity index is 2.52. The van der Waals surface area contributed by atoms with Crippen molar-refractivity contribution in [2.75, 3.05) is 5.75 Å². The summed E-state index contributed by atoms with van der Waals surface area (Å²) in [6.07, 6.45) is 4.53. The molecule has 3 nitrogen and oxygen atoms in total. The van der Waals surface area contributed by atoms with Crippen LogP contribution in [0.3, 0.4) is 0 Å². The van der Waals surface area contributed by atoms with Gasteiger partial charge in [0.2, 0.25) is 0 Å². The molecule has 1 aliphatic rings. The minimum Gasteiger partial charge on any atom is -0.328 e. The molecule has 2 N–H and O–H groups in total. The minimum atomic E-state index is -2.89. The number of sulfone groups is 1. The number of nitrogens with two attached hydrogens (primary N) is 1. The van der Waals surface area contributed by atoms with Gasteiger partial charge in [-0.2, -0.15) is 0 Å². The van der Waals surface area contributed by atoms with Crippen molar-refractivity contribution in [3.63, 3.8) is 0 Å². The number of hydrogen-bond acceptors (Lipinski definition) is 3. The second kappa shape index (κ2) is 5.30. The number of hydrogen-bond donors (Lipinski definition) is 1. The largest absolute Gasteiger partial charge is 0.328 e. The van der Waals surface area contributed by atoms with Gasteiger partial charge in [0.1, 0.15) is 0 Å².